The average molecular weight is 284 g/mol. The largest absolute Gasteiger partial charge is 0.380 e. The molecule has 2 heterocycles. The Morgan fingerprint density at radius 3 is 3.05 bits per heavy atom. The molecule has 3 aromatic rings. The number of rotatable bonds is 5. The van der Waals surface area contributed by atoms with Gasteiger partial charge in [0.15, 0.2) is 5.82 Å². The number of nitrogens with zero attached hydrogens (tertiary/aromatic N) is 3. The van der Waals surface area contributed by atoms with E-state index < -0.39 is 6.04 Å². The first-order valence-electron chi connectivity index (χ1n) is 6.80. The van der Waals surface area contributed by atoms with Crippen LogP contribution in [0.1, 0.15) is 18.8 Å². The van der Waals surface area contributed by atoms with Crippen LogP contribution in [-0.2, 0) is 4.74 Å². The minimum Gasteiger partial charge on any atom is -0.380 e. The number of ether oxygens (including phenoxy) is 1. The van der Waals surface area contributed by atoms with E-state index in [1.54, 1.807) is 6.20 Å². The fraction of sp³-hybridized carbons (Fsp3) is 0.267. The summed E-state index contributed by atoms with van der Waals surface area (Å²) in [5, 5.41) is 4.91. The molecular formula is C15H16N4O2. The highest BCUT2D eigenvalue weighted by Gasteiger charge is 2.16. The molecule has 0 fully saturated rings. The van der Waals surface area contributed by atoms with Crippen molar-refractivity contribution < 1.29 is 9.26 Å². The van der Waals surface area contributed by atoms with E-state index in [0.29, 0.717) is 24.9 Å². The zero-order valence-corrected chi connectivity index (χ0v) is 11.7. The van der Waals surface area contributed by atoms with Crippen LogP contribution >= 0.6 is 0 Å². The molecule has 1 unspecified atom stereocenters. The van der Waals surface area contributed by atoms with E-state index in [4.69, 9.17) is 15.0 Å². The topological polar surface area (TPSA) is 87.1 Å². The Hall–Kier alpha value is -2.31. The smallest absolute Gasteiger partial charge is 0.258 e. The van der Waals surface area contributed by atoms with Crippen LogP contribution in [-0.4, -0.2) is 28.3 Å². The fourth-order valence-electron chi connectivity index (χ4n) is 2.10. The second-order valence-corrected chi connectivity index (χ2v) is 4.60. The van der Waals surface area contributed by atoms with Crippen molar-refractivity contribution in [1.29, 1.82) is 0 Å². The lowest BCUT2D eigenvalue weighted by Gasteiger charge is -2.05. The zero-order valence-electron chi connectivity index (χ0n) is 11.7. The predicted octanol–water partition coefficient (Wildman–Crippen LogP) is 2.32. The molecule has 1 atom stereocenters. The Morgan fingerprint density at radius 2 is 2.19 bits per heavy atom. The van der Waals surface area contributed by atoms with Crippen LogP contribution in [0.15, 0.2) is 41.1 Å². The maximum Gasteiger partial charge on any atom is 0.258 e. The number of nitrogens with two attached hydrogens (primary N) is 1. The summed E-state index contributed by atoms with van der Waals surface area (Å²) < 4.78 is 10.6. The van der Waals surface area contributed by atoms with Gasteiger partial charge in [0, 0.05) is 23.8 Å². The highest BCUT2D eigenvalue weighted by atomic mass is 16.5. The summed E-state index contributed by atoms with van der Waals surface area (Å²) in [5.74, 6) is 0.884. The molecule has 0 bridgehead atoms. The van der Waals surface area contributed by atoms with Gasteiger partial charge in [-0.25, -0.2) is 0 Å². The number of fused-ring (bicyclic) bond motifs is 1. The third-order valence-corrected chi connectivity index (χ3v) is 3.15. The van der Waals surface area contributed by atoms with Gasteiger partial charge in [0.1, 0.15) is 0 Å². The molecule has 108 valence electrons. The molecule has 0 radical (unpaired) electrons. The van der Waals surface area contributed by atoms with E-state index in [2.05, 4.69) is 15.1 Å². The van der Waals surface area contributed by atoms with Gasteiger partial charge in [-0.2, -0.15) is 4.98 Å². The molecular weight excluding hydrogens is 268 g/mol. The van der Waals surface area contributed by atoms with Crippen LogP contribution in [0.2, 0.25) is 0 Å². The molecule has 3 rings (SSSR count). The van der Waals surface area contributed by atoms with Gasteiger partial charge in [-0.1, -0.05) is 17.3 Å². The summed E-state index contributed by atoms with van der Waals surface area (Å²) >= 11 is 0. The van der Waals surface area contributed by atoms with Gasteiger partial charge in [0.25, 0.3) is 5.89 Å². The minimum atomic E-state index is -0.393. The molecule has 0 amide bonds. The van der Waals surface area contributed by atoms with E-state index in [9.17, 15) is 0 Å². The Labute approximate surface area is 121 Å². The van der Waals surface area contributed by atoms with Gasteiger partial charge in [0.2, 0.25) is 0 Å². The molecule has 0 saturated heterocycles. The van der Waals surface area contributed by atoms with Crippen molar-refractivity contribution in [3.63, 3.8) is 0 Å². The molecule has 2 N–H and O–H groups in total. The van der Waals surface area contributed by atoms with E-state index in [1.165, 1.54) is 0 Å². The van der Waals surface area contributed by atoms with E-state index in [1.807, 2.05) is 37.3 Å². The van der Waals surface area contributed by atoms with Gasteiger partial charge in [-0.15, -0.1) is 0 Å². The number of pyridine rings is 1. The van der Waals surface area contributed by atoms with Crippen LogP contribution in [0, 0.1) is 0 Å². The van der Waals surface area contributed by atoms with Crippen molar-refractivity contribution in [3.8, 4) is 11.5 Å². The van der Waals surface area contributed by atoms with Crippen molar-refractivity contribution in [1.82, 2.24) is 15.1 Å². The van der Waals surface area contributed by atoms with Crippen molar-refractivity contribution in [2.75, 3.05) is 13.2 Å². The molecule has 0 aliphatic carbocycles. The summed E-state index contributed by atoms with van der Waals surface area (Å²) in [6, 6.07) is 9.24. The monoisotopic (exact) mass is 284 g/mol. The van der Waals surface area contributed by atoms with Crippen molar-refractivity contribution in [2.24, 2.45) is 5.73 Å². The summed E-state index contributed by atoms with van der Waals surface area (Å²) in [6.45, 7) is 2.89. The molecule has 6 nitrogen and oxygen atoms in total. The predicted molar refractivity (Wildman–Crippen MR) is 78.5 cm³/mol. The first-order chi connectivity index (χ1) is 10.3. The third kappa shape index (κ3) is 2.76. The first-order valence-corrected chi connectivity index (χ1v) is 6.80. The summed E-state index contributed by atoms with van der Waals surface area (Å²) in [7, 11) is 0. The van der Waals surface area contributed by atoms with Gasteiger partial charge in [-0.3, -0.25) is 4.98 Å². The number of hydrogen-bond acceptors (Lipinski definition) is 6. The molecule has 2 aromatic heterocycles. The second-order valence-electron chi connectivity index (χ2n) is 4.60. The van der Waals surface area contributed by atoms with Crippen molar-refractivity contribution >= 4 is 10.9 Å². The number of hydrogen-bond donors (Lipinski definition) is 1. The van der Waals surface area contributed by atoms with Gasteiger partial charge in [0.05, 0.1) is 18.2 Å². The SMILES string of the molecule is CCOCC(N)c1noc(-c2cccc3ncccc23)n1. The highest BCUT2D eigenvalue weighted by Crippen LogP contribution is 2.26. The summed E-state index contributed by atoms with van der Waals surface area (Å²) in [6.07, 6.45) is 1.75. The molecule has 6 heteroatoms. The van der Waals surface area contributed by atoms with E-state index in [-0.39, 0.29) is 0 Å². The standard InChI is InChI=1S/C15H16N4O2/c1-2-20-9-12(16)14-18-15(21-19-14)11-5-3-7-13-10(11)6-4-8-17-13/h3-8,12H,2,9,16H2,1H3. The Kier molecular flexibility index (Phi) is 3.89. The van der Waals surface area contributed by atoms with Crippen LogP contribution in [0.5, 0.6) is 0 Å². The van der Waals surface area contributed by atoms with Gasteiger partial charge in [-0.05, 0) is 25.1 Å². The summed E-state index contributed by atoms with van der Waals surface area (Å²) in [5.41, 5.74) is 7.70. The normalized spacial score (nSPS) is 12.7. The second kappa shape index (κ2) is 5.99. The van der Waals surface area contributed by atoms with Crippen LogP contribution < -0.4 is 5.73 Å². The van der Waals surface area contributed by atoms with Crippen LogP contribution in [0.25, 0.3) is 22.4 Å². The van der Waals surface area contributed by atoms with Gasteiger partial charge < -0.3 is 15.0 Å². The van der Waals surface area contributed by atoms with Gasteiger partial charge >= 0.3 is 0 Å². The third-order valence-electron chi connectivity index (χ3n) is 3.15. The molecule has 0 spiro atoms. The lowest BCUT2D eigenvalue weighted by molar-refractivity contribution is 0.130. The molecule has 0 saturated carbocycles. The van der Waals surface area contributed by atoms with E-state index >= 15 is 0 Å². The van der Waals surface area contributed by atoms with Crippen molar-refractivity contribution in [2.45, 2.75) is 13.0 Å². The average Bonchev–Trinajstić information content (AvgIpc) is 3.02. The zero-order chi connectivity index (χ0) is 14.7. The maximum atomic E-state index is 5.96. The lowest BCUT2D eigenvalue weighted by Crippen LogP contribution is -2.18. The molecule has 21 heavy (non-hydrogen) atoms. The van der Waals surface area contributed by atoms with E-state index in [0.717, 1.165) is 16.5 Å². The summed E-state index contributed by atoms with van der Waals surface area (Å²) in [4.78, 5) is 8.69. The first kappa shape index (κ1) is 13.7. The lowest BCUT2D eigenvalue weighted by atomic mass is 10.1. The number of aromatic nitrogens is 3. The molecule has 0 aliphatic rings. The molecule has 0 aliphatic heterocycles. The van der Waals surface area contributed by atoms with Crippen molar-refractivity contribution in [3.05, 3.63) is 42.4 Å². The Morgan fingerprint density at radius 1 is 1.29 bits per heavy atom. The quantitative estimate of drug-likeness (QED) is 0.773. The molecule has 1 aromatic carbocycles. The highest BCUT2D eigenvalue weighted by molar-refractivity contribution is 5.92. The minimum absolute atomic E-state index is 0.368. The Balaban J connectivity index is 1.95. The maximum absolute atomic E-state index is 5.96. The van der Waals surface area contributed by atoms with Crippen LogP contribution in [0.4, 0.5) is 0 Å². The fourth-order valence-corrected chi connectivity index (χ4v) is 2.10. The number of benzene rings is 1. The Bertz CT molecular complexity index is 736. The van der Waals surface area contributed by atoms with Crippen LogP contribution in [0.3, 0.4) is 0 Å².